The van der Waals surface area contributed by atoms with E-state index in [1.807, 2.05) is 19.9 Å². The quantitative estimate of drug-likeness (QED) is 0.631. The maximum Gasteiger partial charge on any atom is 0.336 e. The number of aliphatic hydroxyl groups is 1. The minimum atomic E-state index is -1.95. The smallest absolute Gasteiger partial charge is 0.336 e. The van der Waals surface area contributed by atoms with Gasteiger partial charge in [0.2, 0.25) is 0 Å². The van der Waals surface area contributed by atoms with Crippen LogP contribution < -0.4 is 4.74 Å². The average Bonchev–Trinajstić information content (AvgIpc) is 2.56. The fourth-order valence-corrected chi connectivity index (χ4v) is 3.85. The molecule has 27 heavy (non-hydrogen) atoms. The Labute approximate surface area is 167 Å². The largest absolute Gasteiger partial charge is 0.496 e. The molecule has 2 aromatic carbocycles. The van der Waals surface area contributed by atoms with Gasteiger partial charge in [-0.05, 0) is 53.6 Å². The second-order valence-electron chi connectivity index (χ2n) is 7.58. The van der Waals surface area contributed by atoms with Crippen molar-refractivity contribution in [3.63, 3.8) is 0 Å². The summed E-state index contributed by atoms with van der Waals surface area (Å²) in [5.74, 6) is -1.13. The fourth-order valence-electron chi connectivity index (χ4n) is 3.43. The second kappa shape index (κ2) is 8.40. The molecule has 2 N–H and O–H groups in total. The highest BCUT2D eigenvalue weighted by atomic mass is 79.9. The SMILES string of the molecule is COc1ccc(F)cc1CC(C)(C)CC(O)(Cc1ccccc1Br)C(=O)O. The van der Waals surface area contributed by atoms with E-state index in [0.29, 0.717) is 23.3 Å². The third kappa shape index (κ3) is 5.53. The highest BCUT2D eigenvalue weighted by Gasteiger charge is 2.42. The third-order valence-electron chi connectivity index (χ3n) is 4.52. The molecule has 1 unspecified atom stereocenters. The molecule has 1 atom stereocenters. The zero-order chi connectivity index (χ0) is 20.2. The van der Waals surface area contributed by atoms with E-state index < -0.39 is 17.0 Å². The Hall–Kier alpha value is -1.92. The van der Waals surface area contributed by atoms with Gasteiger partial charge >= 0.3 is 5.97 Å². The Bertz CT molecular complexity index is 822. The molecule has 0 fully saturated rings. The monoisotopic (exact) mass is 438 g/mol. The van der Waals surface area contributed by atoms with Crippen molar-refractivity contribution in [1.82, 2.24) is 0 Å². The number of methoxy groups -OCH3 is 1. The molecule has 2 aromatic rings. The summed E-state index contributed by atoms with van der Waals surface area (Å²) in [6.45, 7) is 3.70. The summed E-state index contributed by atoms with van der Waals surface area (Å²) in [6, 6.07) is 11.5. The van der Waals surface area contributed by atoms with Gasteiger partial charge in [-0.1, -0.05) is 48.0 Å². The lowest BCUT2D eigenvalue weighted by Gasteiger charge is -2.34. The van der Waals surface area contributed by atoms with E-state index in [-0.39, 0.29) is 18.7 Å². The topological polar surface area (TPSA) is 66.8 Å². The van der Waals surface area contributed by atoms with Crippen molar-refractivity contribution in [3.05, 3.63) is 63.9 Å². The number of hydrogen-bond donors (Lipinski definition) is 2. The van der Waals surface area contributed by atoms with Crippen LogP contribution in [0.3, 0.4) is 0 Å². The summed E-state index contributed by atoms with van der Waals surface area (Å²) in [5.41, 5.74) is -1.22. The average molecular weight is 439 g/mol. The maximum atomic E-state index is 13.7. The molecule has 0 saturated heterocycles. The Morgan fingerprint density at radius 1 is 1.15 bits per heavy atom. The molecule has 0 saturated carbocycles. The van der Waals surface area contributed by atoms with E-state index in [1.165, 1.54) is 19.2 Å². The molecule has 0 bridgehead atoms. The first-order valence-electron chi connectivity index (χ1n) is 8.58. The molecule has 0 heterocycles. The fraction of sp³-hybridized carbons (Fsp3) is 0.381. The lowest BCUT2D eigenvalue weighted by molar-refractivity contribution is -0.162. The van der Waals surface area contributed by atoms with E-state index in [4.69, 9.17) is 4.74 Å². The van der Waals surface area contributed by atoms with Crippen molar-refractivity contribution in [3.8, 4) is 5.75 Å². The van der Waals surface area contributed by atoms with E-state index in [1.54, 1.807) is 24.3 Å². The number of benzene rings is 2. The van der Waals surface area contributed by atoms with Gasteiger partial charge < -0.3 is 14.9 Å². The Morgan fingerprint density at radius 2 is 1.81 bits per heavy atom. The predicted octanol–water partition coefficient (Wildman–Crippen LogP) is 4.61. The number of halogens is 2. The number of ether oxygens (including phenoxy) is 1. The Kier molecular flexibility index (Phi) is 6.65. The zero-order valence-electron chi connectivity index (χ0n) is 15.6. The molecule has 146 valence electrons. The summed E-state index contributed by atoms with van der Waals surface area (Å²) >= 11 is 3.40. The Balaban J connectivity index is 2.27. The normalized spacial score (nSPS) is 13.9. The maximum absolute atomic E-state index is 13.7. The lowest BCUT2D eigenvalue weighted by Crippen LogP contribution is -2.45. The van der Waals surface area contributed by atoms with Crippen molar-refractivity contribution >= 4 is 21.9 Å². The van der Waals surface area contributed by atoms with Gasteiger partial charge in [0, 0.05) is 10.9 Å². The Morgan fingerprint density at radius 3 is 2.41 bits per heavy atom. The molecule has 6 heteroatoms. The molecule has 0 radical (unpaired) electrons. The molecular formula is C21H24BrFO4. The molecular weight excluding hydrogens is 415 g/mol. The van der Waals surface area contributed by atoms with Crippen molar-refractivity contribution in [2.45, 2.75) is 38.7 Å². The molecule has 2 rings (SSSR count). The van der Waals surface area contributed by atoms with Crippen LogP contribution in [0.5, 0.6) is 5.75 Å². The highest BCUT2D eigenvalue weighted by Crippen LogP contribution is 2.37. The summed E-state index contributed by atoms with van der Waals surface area (Å²) in [5, 5.41) is 20.6. The molecule has 0 amide bonds. The van der Waals surface area contributed by atoms with Gasteiger partial charge in [-0.25, -0.2) is 9.18 Å². The lowest BCUT2D eigenvalue weighted by atomic mass is 9.74. The van der Waals surface area contributed by atoms with Gasteiger partial charge in [-0.2, -0.15) is 0 Å². The van der Waals surface area contributed by atoms with Crippen LogP contribution in [-0.4, -0.2) is 28.9 Å². The minimum Gasteiger partial charge on any atom is -0.496 e. The van der Waals surface area contributed by atoms with E-state index in [9.17, 15) is 19.4 Å². The first-order valence-corrected chi connectivity index (χ1v) is 9.37. The molecule has 0 aliphatic carbocycles. The number of carboxylic acid groups (broad SMARTS) is 1. The minimum absolute atomic E-state index is 0.00364. The zero-order valence-corrected chi connectivity index (χ0v) is 17.2. The summed E-state index contributed by atoms with van der Waals surface area (Å²) in [4.78, 5) is 11.9. The molecule has 0 aromatic heterocycles. The summed E-state index contributed by atoms with van der Waals surface area (Å²) in [7, 11) is 1.50. The van der Waals surface area contributed by atoms with E-state index in [2.05, 4.69) is 15.9 Å². The van der Waals surface area contributed by atoms with Crippen LogP contribution in [0.2, 0.25) is 0 Å². The third-order valence-corrected chi connectivity index (χ3v) is 5.29. The van der Waals surface area contributed by atoms with Crippen LogP contribution in [-0.2, 0) is 17.6 Å². The van der Waals surface area contributed by atoms with Crippen LogP contribution in [0.25, 0.3) is 0 Å². The summed E-state index contributed by atoms with van der Waals surface area (Å²) in [6.07, 6.45) is 0.323. The van der Waals surface area contributed by atoms with Gasteiger partial charge in [0.05, 0.1) is 7.11 Å². The van der Waals surface area contributed by atoms with Gasteiger partial charge in [-0.15, -0.1) is 0 Å². The van der Waals surface area contributed by atoms with Crippen molar-refractivity contribution in [1.29, 1.82) is 0 Å². The number of carboxylic acids is 1. The first-order chi connectivity index (χ1) is 12.6. The number of aliphatic carboxylic acids is 1. The van der Waals surface area contributed by atoms with Gasteiger partial charge in [0.1, 0.15) is 11.6 Å². The van der Waals surface area contributed by atoms with Gasteiger partial charge in [0.15, 0.2) is 5.60 Å². The molecule has 4 nitrogen and oxygen atoms in total. The van der Waals surface area contributed by atoms with E-state index >= 15 is 0 Å². The van der Waals surface area contributed by atoms with Crippen LogP contribution in [0.1, 0.15) is 31.4 Å². The summed E-state index contributed by atoms with van der Waals surface area (Å²) < 4.78 is 19.7. The number of carbonyl (C=O) groups is 1. The highest BCUT2D eigenvalue weighted by molar-refractivity contribution is 9.10. The van der Waals surface area contributed by atoms with Crippen LogP contribution in [0.4, 0.5) is 4.39 Å². The van der Waals surface area contributed by atoms with Crippen molar-refractivity contribution in [2.75, 3.05) is 7.11 Å². The van der Waals surface area contributed by atoms with Crippen LogP contribution in [0.15, 0.2) is 46.9 Å². The van der Waals surface area contributed by atoms with Crippen LogP contribution >= 0.6 is 15.9 Å². The predicted molar refractivity (Wildman–Crippen MR) is 105 cm³/mol. The van der Waals surface area contributed by atoms with Gasteiger partial charge in [-0.3, -0.25) is 0 Å². The second-order valence-corrected chi connectivity index (χ2v) is 8.43. The van der Waals surface area contributed by atoms with Crippen molar-refractivity contribution < 1.29 is 24.1 Å². The number of rotatable bonds is 8. The molecule has 0 aliphatic rings. The first kappa shape index (κ1) is 21.4. The molecule has 0 aliphatic heterocycles. The van der Waals surface area contributed by atoms with Crippen LogP contribution in [0, 0.1) is 11.2 Å². The number of hydrogen-bond acceptors (Lipinski definition) is 3. The molecule has 0 spiro atoms. The standard InChI is InChI=1S/C21H24BrFO4/c1-20(2,11-15-10-16(23)8-9-18(15)27-3)13-21(26,19(24)25)12-14-6-4-5-7-17(14)22/h4-10,26H,11-13H2,1-3H3,(H,24,25). The van der Waals surface area contributed by atoms with Gasteiger partial charge in [0.25, 0.3) is 0 Å². The van der Waals surface area contributed by atoms with Crippen molar-refractivity contribution in [2.24, 2.45) is 5.41 Å². The van der Waals surface area contributed by atoms with E-state index in [0.717, 1.165) is 4.47 Å².